The number of amides is 2. The highest BCUT2D eigenvalue weighted by Gasteiger charge is 2.33. The first kappa shape index (κ1) is 27.1. The van der Waals surface area contributed by atoms with Crippen molar-refractivity contribution >= 4 is 17.5 Å². The molecule has 1 aliphatic heterocycles. The Kier molecular flexibility index (Phi) is 9.16. The average Bonchev–Trinajstić information content (AvgIpc) is 2.91. The maximum atomic E-state index is 13.7. The SMILES string of the molecule is C[C@@H]1CN([C@H](C)CO)C(=O)c2cc(NC(=O)C3CCCCC3)ccc2O[C@H]1CN(C)Cc1ccncc1. The lowest BCUT2D eigenvalue weighted by Crippen LogP contribution is -2.49. The monoisotopic (exact) mass is 508 g/mol. The van der Waals surface area contributed by atoms with Crippen LogP contribution in [0.1, 0.15) is 61.9 Å². The molecule has 200 valence electrons. The normalized spacial score (nSPS) is 21.5. The fourth-order valence-corrected chi connectivity index (χ4v) is 5.30. The number of benzene rings is 1. The number of aliphatic hydroxyl groups is 1. The summed E-state index contributed by atoms with van der Waals surface area (Å²) < 4.78 is 6.49. The predicted octanol–water partition coefficient (Wildman–Crippen LogP) is 3.95. The summed E-state index contributed by atoms with van der Waals surface area (Å²) in [5.41, 5.74) is 2.18. The van der Waals surface area contributed by atoms with Gasteiger partial charge in [0, 0.05) is 49.6 Å². The number of rotatable bonds is 8. The van der Waals surface area contributed by atoms with Crippen LogP contribution in [0, 0.1) is 11.8 Å². The second-order valence-corrected chi connectivity index (χ2v) is 10.7. The van der Waals surface area contributed by atoms with Crippen LogP contribution in [0.4, 0.5) is 5.69 Å². The number of hydrogen-bond acceptors (Lipinski definition) is 6. The van der Waals surface area contributed by atoms with Crippen LogP contribution >= 0.6 is 0 Å². The number of aliphatic hydroxyl groups excluding tert-OH is 1. The number of fused-ring (bicyclic) bond motifs is 1. The smallest absolute Gasteiger partial charge is 0.258 e. The van der Waals surface area contributed by atoms with Crippen LogP contribution in [-0.2, 0) is 11.3 Å². The van der Waals surface area contributed by atoms with Crippen LogP contribution in [0.2, 0.25) is 0 Å². The Morgan fingerprint density at radius 3 is 2.65 bits per heavy atom. The van der Waals surface area contributed by atoms with Gasteiger partial charge in [0.2, 0.25) is 5.91 Å². The Balaban J connectivity index is 1.57. The van der Waals surface area contributed by atoms with Gasteiger partial charge >= 0.3 is 0 Å². The Bertz CT molecular complexity index is 1060. The van der Waals surface area contributed by atoms with Gasteiger partial charge in [0.25, 0.3) is 5.91 Å². The van der Waals surface area contributed by atoms with E-state index >= 15 is 0 Å². The van der Waals surface area contributed by atoms with Gasteiger partial charge in [-0.3, -0.25) is 19.5 Å². The lowest BCUT2D eigenvalue weighted by molar-refractivity contribution is -0.120. The molecule has 8 heteroatoms. The highest BCUT2D eigenvalue weighted by atomic mass is 16.5. The van der Waals surface area contributed by atoms with Crippen molar-refractivity contribution < 1.29 is 19.4 Å². The summed E-state index contributed by atoms with van der Waals surface area (Å²) in [4.78, 5) is 34.5. The maximum absolute atomic E-state index is 13.7. The van der Waals surface area contributed by atoms with Gasteiger partial charge in [0.05, 0.1) is 18.2 Å². The van der Waals surface area contributed by atoms with Gasteiger partial charge in [-0.2, -0.15) is 0 Å². The van der Waals surface area contributed by atoms with Crippen LogP contribution in [0.3, 0.4) is 0 Å². The molecule has 2 amide bonds. The minimum absolute atomic E-state index is 0.0173. The molecule has 8 nitrogen and oxygen atoms in total. The van der Waals surface area contributed by atoms with E-state index in [0.717, 1.165) is 32.2 Å². The molecule has 2 heterocycles. The second-order valence-electron chi connectivity index (χ2n) is 10.7. The van der Waals surface area contributed by atoms with Gasteiger partial charge in [-0.1, -0.05) is 26.2 Å². The molecule has 0 spiro atoms. The quantitative estimate of drug-likeness (QED) is 0.561. The lowest BCUT2D eigenvalue weighted by atomic mass is 9.88. The van der Waals surface area contributed by atoms with Crippen molar-refractivity contribution in [2.45, 2.75) is 64.6 Å². The second kappa shape index (κ2) is 12.5. The average molecular weight is 509 g/mol. The van der Waals surface area contributed by atoms with Crippen molar-refractivity contribution in [1.29, 1.82) is 0 Å². The van der Waals surface area contributed by atoms with Crippen molar-refractivity contribution in [3.05, 3.63) is 53.9 Å². The van der Waals surface area contributed by atoms with Crippen molar-refractivity contribution in [1.82, 2.24) is 14.8 Å². The molecule has 0 saturated heterocycles. The lowest BCUT2D eigenvalue weighted by Gasteiger charge is -2.38. The predicted molar refractivity (Wildman–Crippen MR) is 143 cm³/mol. The van der Waals surface area contributed by atoms with E-state index in [2.05, 4.69) is 29.2 Å². The van der Waals surface area contributed by atoms with E-state index < -0.39 is 0 Å². The summed E-state index contributed by atoms with van der Waals surface area (Å²) in [5.74, 6) is 0.389. The number of hydrogen-bond donors (Lipinski definition) is 2. The number of carbonyl (C=O) groups excluding carboxylic acids is 2. The van der Waals surface area contributed by atoms with E-state index in [9.17, 15) is 14.7 Å². The Morgan fingerprint density at radius 1 is 1.22 bits per heavy atom. The summed E-state index contributed by atoms with van der Waals surface area (Å²) in [6.45, 7) is 5.69. The van der Waals surface area contributed by atoms with E-state index in [1.54, 1.807) is 29.4 Å². The number of nitrogens with zero attached hydrogens (tertiary/aromatic N) is 3. The third kappa shape index (κ3) is 6.87. The topological polar surface area (TPSA) is 95.0 Å². The van der Waals surface area contributed by atoms with Crippen molar-refractivity contribution in [3.63, 3.8) is 0 Å². The molecular formula is C29H40N4O4. The number of likely N-dealkylation sites (N-methyl/N-ethyl adjacent to an activating group) is 1. The summed E-state index contributed by atoms with van der Waals surface area (Å²) in [6.07, 6.45) is 8.58. The fourth-order valence-electron chi connectivity index (χ4n) is 5.30. The number of anilines is 1. The third-order valence-electron chi connectivity index (χ3n) is 7.60. The third-order valence-corrected chi connectivity index (χ3v) is 7.60. The van der Waals surface area contributed by atoms with E-state index in [1.807, 2.05) is 25.1 Å². The van der Waals surface area contributed by atoms with Crippen molar-refractivity contribution in [3.8, 4) is 5.75 Å². The number of carbonyl (C=O) groups is 2. The molecule has 1 aliphatic carbocycles. The minimum atomic E-state index is -0.336. The van der Waals surface area contributed by atoms with Crippen LogP contribution in [0.5, 0.6) is 5.75 Å². The summed E-state index contributed by atoms with van der Waals surface area (Å²) in [5, 5.41) is 12.9. The van der Waals surface area contributed by atoms with Gasteiger partial charge in [0.15, 0.2) is 0 Å². The molecule has 37 heavy (non-hydrogen) atoms. The van der Waals surface area contributed by atoms with E-state index in [-0.39, 0.29) is 42.4 Å². The number of pyridine rings is 1. The van der Waals surface area contributed by atoms with Gasteiger partial charge in [-0.15, -0.1) is 0 Å². The molecular weight excluding hydrogens is 468 g/mol. The van der Waals surface area contributed by atoms with E-state index in [4.69, 9.17) is 4.74 Å². The molecule has 0 radical (unpaired) electrons. The zero-order chi connectivity index (χ0) is 26.4. The first-order valence-electron chi connectivity index (χ1n) is 13.5. The molecule has 0 bridgehead atoms. The summed E-state index contributed by atoms with van der Waals surface area (Å²) in [7, 11) is 2.05. The molecule has 1 aromatic heterocycles. The maximum Gasteiger partial charge on any atom is 0.258 e. The molecule has 2 aromatic rings. The summed E-state index contributed by atoms with van der Waals surface area (Å²) >= 11 is 0. The molecule has 3 atom stereocenters. The van der Waals surface area contributed by atoms with Gasteiger partial charge < -0.3 is 20.1 Å². The molecule has 2 aliphatic rings. The summed E-state index contributed by atoms with van der Waals surface area (Å²) in [6, 6.07) is 9.00. The first-order chi connectivity index (χ1) is 17.9. The molecule has 0 unspecified atom stereocenters. The Hall–Kier alpha value is -2.97. The number of aromatic nitrogens is 1. The first-order valence-corrected chi connectivity index (χ1v) is 13.5. The zero-order valence-electron chi connectivity index (χ0n) is 22.2. The Labute approximate surface area is 220 Å². The number of ether oxygens (including phenoxy) is 1. The van der Waals surface area contributed by atoms with Crippen LogP contribution in [-0.4, -0.2) is 70.6 Å². The fraction of sp³-hybridized carbons (Fsp3) is 0.552. The van der Waals surface area contributed by atoms with Crippen LogP contribution in [0.25, 0.3) is 0 Å². The highest BCUT2D eigenvalue weighted by molar-refractivity contribution is 6.00. The molecule has 1 aromatic carbocycles. The van der Waals surface area contributed by atoms with Crippen molar-refractivity contribution in [2.24, 2.45) is 11.8 Å². The largest absolute Gasteiger partial charge is 0.488 e. The standard InChI is InChI=1S/C29H40N4O4/c1-20-16-33(21(2)19-34)29(36)25-15-24(31-28(35)23-7-5-4-6-8-23)9-10-26(25)37-27(20)18-32(3)17-22-11-13-30-14-12-22/h9-15,20-21,23,27,34H,4-8,16-19H2,1-3H3,(H,31,35)/t20-,21-,27+/m1/s1. The molecule has 1 fully saturated rings. The van der Waals surface area contributed by atoms with Crippen molar-refractivity contribution in [2.75, 3.05) is 32.1 Å². The van der Waals surface area contributed by atoms with Gasteiger partial charge in [-0.05, 0) is 62.7 Å². The highest BCUT2D eigenvalue weighted by Crippen LogP contribution is 2.32. The zero-order valence-corrected chi connectivity index (χ0v) is 22.2. The van der Waals surface area contributed by atoms with Crippen LogP contribution < -0.4 is 10.1 Å². The molecule has 2 N–H and O–H groups in total. The minimum Gasteiger partial charge on any atom is -0.488 e. The van der Waals surface area contributed by atoms with Crippen LogP contribution in [0.15, 0.2) is 42.7 Å². The van der Waals surface area contributed by atoms with E-state index in [0.29, 0.717) is 30.1 Å². The van der Waals surface area contributed by atoms with Gasteiger partial charge in [-0.25, -0.2) is 0 Å². The Morgan fingerprint density at radius 2 is 1.95 bits per heavy atom. The van der Waals surface area contributed by atoms with Gasteiger partial charge in [0.1, 0.15) is 11.9 Å². The van der Waals surface area contributed by atoms with E-state index in [1.165, 1.54) is 12.0 Å². The number of nitrogens with one attached hydrogen (secondary N) is 1. The molecule has 1 saturated carbocycles. The molecule has 4 rings (SSSR count).